The molecule has 6 nitrogen and oxygen atoms in total. The number of halogens is 2. The molecule has 0 amide bonds. The molecule has 1 aromatic heterocycles. The molecule has 8 heteroatoms. The molecule has 5 rings (SSSR count). The Kier molecular flexibility index (Phi) is 7.47. The fourth-order valence-electron chi connectivity index (χ4n) is 5.02. The summed E-state index contributed by atoms with van der Waals surface area (Å²) < 4.78 is 37.2. The molecule has 2 heterocycles. The van der Waals surface area contributed by atoms with Gasteiger partial charge in [0.15, 0.2) is 4.67 Å². The number of carbonyl (C=O) groups excluding carboxylic acids is 1. The van der Waals surface area contributed by atoms with Gasteiger partial charge in [-0.2, -0.15) is 0 Å². The lowest BCUT2D eigenvalue weighted by Crippen LogP contribution is -2.32. The van der Waals surface area contributed by atoms with Gasteiger partial charge in [-0.15, -0.1) is 0 Å². The van der Waals surface area contributed by atoms with Gasteiger partial charge >= 0.3 is 5.97 Å². The lowest BCUT2D eigenvalue weighted by atomic mass is 9.85. The van der Waals surface area contributed by atoms with Crippen LogP contribution in [0.15, 0.2) is 75.8 Å². The van der Waals surface area contributed by atoms with Crippen LogP contribution in [0.1, 0.15) is 48.0 Å². The lowest BCUT2D eigenvalue weighted by Gasteiger charge is -2.33. The minimum absolute atomic E-state index is 0.0781. The van der Waals surface area contributed by atoms with E-state index in [-0.39, 0.29) is 23.7 Å². The first kappa shape index (κ1) is 27.5. The maximum Gasteiger partial charge on any atom is 0.379 e. The molecule has 0 bridgehead atoms. The van der Waals surface area contributed by atoms with E-state index in [2.05, 4.69) is 48.1 Å². The summed E-state index contributed by atoms with van der Waals surface area (Å²) in [5.41, 5.74) is 6.31. The first-order valence-corrected chi connectivity index (χ1v) is 13.5. The third-order valence-corrected chi connectivity index (χ3v) is 7.14. The van der Waals surface area contributed by atoms with Crippen molar-refractivity contribution in [3.8, 4) is 28.4 Å². The predicted molar refractivity (Wildman–Crippen MR) is 157 cm³/mol. The molecule has 0 spiro atoms. The Morgan fingerprint density at radius 2 is 1.77 bits per heavy atom. The number of rotatable bonds is 7. The predicted octanol–water partition coefficient (Wildman–Crippen LogP) is 8.57. The van der Waals surface area contributed by atoms with E-state index in [9.17, 15) is 9.18 Å². The Morgan fingerprint density at radius 3 is 2.50 bits per heavy atom. The fourth-order valence-corrected chi connectivity index (χ4v) is 5.33. The molecule has 40 heavy (non-hydrogen) atoms. The number of carbonyl (C=O) groups is 1. The molecule has 4 aromatic rings. The Morgan fingerprint density at radius 1 is 1.00 bits per heavy atom. The van der Waals surface area contributed by atoms with Gasteiger partial charge in [0, 0.05) is 34.5 Å². The van der Waals surface area contributed by atoms with Gasteiger partial charge in [-0.3, -0.25) is 0 Å². The third kappa shape index (κ3) is 5.63. The lowest BCUT2D eigenvalue weighted by molar-refractivity contribution is 0.0699. The summed E-state index contributed by atoms with van der Waals surface area (Å²) in [5, 5.41) is 3.59. The highest BCUT2D eigenvalue weighted by atomic mass is 79.9. The second-order valence-corrected chi connectivity index (χ2v) is 11.0. The average molecular weight is 606 g/mol. The molecule has 1 aliphatic heterocycles. The van der Waals surface area contributed by atoms with Crippen molar-refractivity contribution in [1.29, 1.82) is 0 Å². The van der Waals surface area contributed by atoms with Crippen LogP contribution in [0.3, 0.4) is 0 Å². The number of aryl methyl sites for hydroxylation is 1. The van der Waals surface area contributed by atoms with Crippen molar-refractivity contribution in [2.75, 3.05) is 12.4 Å². The van der Waals surface area contributed by atoms with E-state index in [0.29, 0.717) is 21.9 Å². The molecule has 0 saturated carbocycles. The van der Waals surface area contributed by atoms with Crippen LogP contribution in [-0.2, 0) is 6.61 Å². The summed E-state index contributed by atoms with van der Waals surface area (Å²) in [6.45, 7) is 8.39. The highest BCUT2D eigenvalue weighted by Gasteiger charge is 2.27. The van der Waals surface area contributed by atoms with E-state index in [1.54, 1.807) is 31.4 Å². The van der Waals surface area contributed by atoms with Crippen molar-refractivity contribution >= 4 is 33.2 Å². The van der Waals surface area contributed by atoms with Gasteiger partial charge in [0.1, 0.15) is 29.7 Å². The summed E-state index contributed by atoms with van der Waals surface area (Å²) >= 11 is 3.19. The van der Waals surface area contributed by atoms with Crippen molar-refractivity contribution in [1.82, 2.24) is 0 Å². The number of hydrogen-bond acceptors (Lipinski definition) is 6. The molecular formula is C32H29BrFNO5. The van der Waals surface area contributed by atoms with Crippen LogP contribution in [0.5, 0.6) is 17.2 Å². The van der Waals surface area contributed by atoms with Gasteiger partial charge in [0.05, 0.1) is 12.6 Å². The van der Waals surface area contributed by atoms with Gasteiger partial charge in [-0.25, -0.2) is 9.18 Å². The molecule has 0 aliphatic carbocycles. The monoisotopic (exact) mass is 605 g/mol. The number of fused-ring (bicyclic) bond motifs is 1. The van der Waals surface area contributed by atoms with Crippen LogP contribution in [0.25, 0.3) is 16.7 Å². The number of methoxy groups -OCH3 is 1. The van der Waals surface area contributed by atoms with Crippen molar-refractivity contribution in [2.45, 2.75) is 39.8 Å². The Balaban J connectivity index is 1.56. The summed E-state index contributed by atoms with van der Waals surface area (Å²) in [6, 6.07) is 16.9. The highest BCUT2D eigenvalue weighted by Crippen LogP contribution is 2.43. The maximum atomic E-state index is 14.0. The van der Waals surface area contributed by atoms with E-state index in [1.165, 1.54) is 18.2 Å². The van der Waals surface area contributed by atoms with Crippen LogP contribution in [-0.4, -0.2) is 18.6 Å². The zero-order valence-corrected chi connectivity index (χ0v) is 24.4. The van der Waals surface area contributed by atoms with Gasteiger partial charge < -0.3 is 23.9 Å². The molecule has 3 aromatic carbocycles. The minimum atomic E-state index is -0.622. The quantitative estimate of drug-likeness (QED) is 0.168. The molecular weight excluding hydrogens is 577 g/mol. The standard InChI is InChI=1S/C32H29BrFNO5/c1-18-6-7-20(34)14-27(18)38-17-24-22(10-11-25-30(24)19(2)16-32(3,4)35-25)23-9-8-21(15-28(23)37-5)39-31(36)26-12-13-29(33)40-26/h6-16,35H,17H2,1-5H3. The maximum absolute atomic E-state index is 14.0. The smallest absolute Gasteiger partial charge is 0.379 e. The molecule has 0 fully saturated rings. The largest absolute Gasteiger partial charge is 0.496 e. The molecule has 0 saturated heterocycles. The van der Waals surface area contributed by atoms with E-state index in [0.717, 1.165) is 39.1 Å². The number of furan rings is 1. The second-order valence-electron chi connectivity index (χ2n) is 10.2. The van der Waals surface area contributed by atoms with Gasteiger partial charge in [-0.1, -0.05) is 18.2 Å². The van der Waals surface area contributed by atoms with Gasteiger partial charge in [-0.05, 0) is 96.7 Å². The van der Waals surface area contributed by atoms with Crippen LogP contribution >= 0.6 is 15.9 Å². The molecule has 0 atom stereocenters. The Bertz CT molecular complexity index is 1640. The van der Waals surface area contributed by atoms with Crippen molar-refractivity contribution in [3.63, 3.8) is 0 Å². The number of allylic oxidation sites excluding steroid dienone is 1. The minimum Gasteiger partial charge on any atom is -0.496 e. The van der Waals surface area contributed by atoms with Gasteiger partial charge in [0.2, 0.25) is 5.76 Å². The van der Waals surface area contributed by atoms with Crippen LogP contribution in [0, 0.1) is 12.7 Å². The molecule has 206 valence electrons. The summed E-state index contributed by atoms with van der Waals surface area (Å²) in [4.78, 5) is 12.5. The number of nitrogens with one attached hydrogen (secondary N) is 1. The summed E-state index contributed by atoms with van der Waals surface area (Å²) in [5.74, 6) is 0.401. The number of ether oxygens (including phenoxy) is 3. The first-order chi connectivity index (χ1) is 19.0. The number of esters is 1. The van der Waals surface area contributed by atoms with E-state index in [4.69, 9.17) is 18.6 Å². The number of hydrogen-bond donors (Lipinski definition) is 1. The second kappa shape index (κ2) is 10.8. The normalized spacial score (nSPS) is 13.6. The molecule has 1 N–H and O–H groups in total. The van der Waals surface area contributed by atoms with Crippen LogP contribution in [0.4, 0.5) is 10.1 Å². The van der Waals surface area contributed by atoms with Crippen LogP contribution in [0.2, 0.25) is 0 Å². The topological polar surface area (TPSA) is 69.9 Å². The Hall–Kier alpha value is -4.04. The first-order valence-electron chi connectivity index (χ1n) is 12.7. The Labute approximate surface area is 240 Å². The zero-order valence-electron chi connectivity index (χ0n) is 22.9. The molecule has 0 unspecified atom stereocenters. The van der Waals surface area contributed by atoms with Crippen molar-refractivity contribution in [3.05, 3.63) is 99.7 Å². The summed E-state index contributed by atoms with van der Waals surface area (Å²) in [7, 11) is 1.56. The number of benzene rings is 3. The third-order valence-electron chi connectivity index (χ3n) is 6.71. The summed E-state index contributed by atoms with van der Waals surface area (Å²) in [6.07, 6.45) is 2.18. The number of anilines is 1. The highest BCUT2D eigenvalue weighted by molar-refractivity contribution is 9.10. The fraction of sp³-hybridized carbons (Fsp3) is 0.219. The average Bonchev–Trinajstić information content (AvgIpc) is 3.34. The van der Waals surface area contributed by atoms with Gasteiger partial charge in [0.25, 0.3) is 0 Å². The van der Waals surface area contributed by atoms with Crippen molar-refractivity contribution in [2.24, 2.45) is 0 Å². The van der Waals surface area contributed by atoms with Crippen molar-refractivity contribution < 1.29 is 27.8 Å². The van der Waals surface area contributed by atoms with E-state index >= 15 is 0 Å². The van der Waals surface area contributed by atoms with E-state index in [1.807, 2.05) is 25.1 Å². The molecule has 0 radical (unpaired) electrons. The van der Waals surface area contributed by atoms with Crippen LogP contribution < -0.4 is 19.5 Å². The molecule has 1 aliphatic rings. The van der Waals surface area contributed by atoms with E-state index < -0.39 is 5.97 Å². The SMILES string of the molecule is COc1cc(OC(=O)c2ccc(Br)o2)ccc1-c1ccc2c(c1COc1cc(F)ccc1C)C(C)=CC(C)(C)N2. The zero-order chi connectivity index (χ0) is 28.6.